The van der Waals surface area contributed by atoms with E-state index >= 15 is 0 Å². The smallest absolute Gasteiger partial charge is 0.169 e. The Morgan fingerprint density at radius 2 is 2.14 bits per heavy atom. The van der Waals surface area contributed by atoms with Crippen molar-refractivity contribution < 1.29 is 9.84 Å². The number of aliphatic hydroxyl groups excluding tert-OH is 1. The van der Waals surface area contributed by atoms with Crippen molar-refractivity contribution in [3.8, 4) is 0 Å². The molecule has 78 valence electrons. The van der Waals surface area contributed by atoms with Gasteiger partial charge in [-0.25, -0.2) is 9.97 Å². The van der Waals surface area contributed by atoms with Crippen molar-refractivity contribution >= 4 is 11.6 Å². The lowest BCUT2D eigenvalue weighted by atomic mass is 10.5. The summed E-state index contributed by atoms with van der Waals surface area (Å²) in [7, 11) is 0. The first-order valence-corrected chi connectivity index (χ1v) is 4.33. The van der Waals surface area contributed by atoms with Gasteiger partial charge in [-0.2, -0.15) is 0 Å². The van der Waals surface area contributed by atoms with Gasteiger partial charge in [-0.15, -0.1) is 0 Å². The molecule has 0 amide bonds. The van der Waals surface area contributed by atoms with Crippen LogP contribution in [0, 0.1) is 0 Å². The normalized spacial score (nSPS) is 10.1. The first-order chi connectivity index (χ1) is 6.84. The Hall–Kier alpha value is -1.40. The SMILES string of the molecule is Nc1nccnc1NCCOCCO. The minimum absolute atomic E-state index is 0.0350. The Bertz CT molecular complexity index is 269. The van der Waals surface area contributed by atoms with Crippen LogP contribution in [-0.4, -0.2) is 41.4 Å². The van der Waals surface area contributed by atoms with Gasteiger partial charge in [-0.05, 0) is 0 Å². The summed E-state index contributed by atoms with van der Waals surface area (Å²) in [4.78, 5) is 7.86. The summed E-state index contributed by atoms with van der Waals surface area (Å²) in [6, 6.07) is 0. The van der Waals surface area contributed by atoms with Gasteiger partial charge >= 0.3 is 0 Å². The number of nitrogen functional groups attached to an aromatic ring is 1. The maximum atomic E-state index is 8.44. The molecule has 0 aliphatic heterocycles. The molecule has 0 spiro atoms. The number of anilines is 2. The van der Waals surface area contributed by atoms with E-state index in [-0.39, 0.29) is 6.61 Å². The molecule has 0 unspecified atom stereocenters. The van der Waals surface area contributed by atoms with Gasteiger partial charge in [0.1, 0.15) is 0 Å². The summed E-state index contributed by atoms with van der Waals surface area (Å²) in [6.45, 7) is 1.46. The predicted octanol–water partition coefficient (Wildman–Crippen LogP) is -0.520. The Kier molecular flexibility index (Phi) is 4.66. The highest BCUT2D eigenvalue weighted by atomic mass is 16.5. The van der Waals surface area contributed by atoms with Crippen LogP contribution in [-0.2, 0) is 4.74 Å². The molecule has 0 atom stereocenters. The van der Waals surface area contributed by atoms with Crippen molar-refractivity contribution in [1.29, 1.82) is 0 Å². The van der Waals surface area contributed by atoms with Gasteiger partial charge in [0.15, 0.2) is 11.6 Å². The van der Waals surface area contributed by atoms with Crippen molar-refractivity contribution in [2.75, 3.05) is 37.4 Å². The molecule has 0 aromatic carbocycles. The van der Waals surface area contributed by atoms with Crippen molar-refractivity contribution in [2.45, 2.75) is 0 Å². The molecule has 6 nitrogen and oxygen atoms in total. The summed E-state index contributed by atoms with van der Waals surface area (Å²) < 4.78 is 5.04. The highest BCUT2D eigenvalue weighted by Gasteiger charge is 1.98. The van der Waals surface area contributed by atoms with Gasteiger partial charge in [-0.3, -0.25) is 0 Å². The molecule has 1 rings (SSSR count). The average molecular weight is 198 g/mol. The topological polar surface area (TPSA) is 93.3 Å². The van der Waals surface area contributed by atoms with Crippen LogP contribution in [0.5, 0.6) is 0 Å². The second-order valence-electron chi connectivity index (χ2n) is 2.55. The Morgan fingerprint density at radius 1 is 1.36 bits per heavy atom. The molecular weight excluding hydrogens is 184 g/mol. The van der Waals surface area contributed by atoms with E-state index in [4.69, 9.17) is 15.6 Å². The van der Waals surface area contributed by atoms with Crippen LogP contribution < -0.4 is 11.1 Å². The monoisotopic (exact) mass is 198 g/mol. The van der Waals surface area contributed by atoms with Crippen molar-refractivity contribution in [1.82, 2.24) is 9.97 Å². The molecule has 1 heterocycles. The molecule has 1 aromatic rings. The quantitative estimate of drug-likeness (QED) is 0.532. The van der Waals surface area contributed by atoms with E-state index < -0.39 is 0 Å². The second kappa shape index (κ2) is 6.11. The summed E-state index contributed by atoms with van der Waals surface area (Å²) >= 11 is 0. The number of ether oxygens (including phenoxy) is 1. The largest absolute Gasteiger partial charge is 0.394 e. The first-order valence-electron chi connectivity index (χ1n) is 4.33. The lowest BCUT2D eigenvalue weighted by molar-refractivity contribution is 0.0992. The van der Waals surface area contributed by atoms with Gasteiger partial charge in [-0.1, -0.05) is 0 Å². The molecule has 14 heavy (non-hydrogen) atoms. The van der Waals surface area contributed by atoms with Gasteiger partial charge in [0.2, 0.25) is 0 Å². The lowest BCUT2D eigenvalue weighted by Crippen LogP contribution is -2.13. The fraction of sp³-hybridized carbons (Fsp3) is 0.500. The molecule has 6 heteroatoms. The van der Waals surface area contributed by atoms with Crippen LogP contribution in [0.1, 0.15) is 0 Å². The zero-order valence-electron chi connectivity index (χ0n) is 7.81. The molecule has 0 fully saturated rings. The standard InChI is InChI=1S/C8H14N4O2/c9-7-8(11-2-1-10-7)12-3-5-14-6-4-13/h1-2,13H,3-6H2,(H2,9,10)(H,11,12). The molecule has 0 aliphatic carbocycles. The third-order valence-electron chi connectivity index (χ3n) is 1.50. The van der Waals surface area contributed by atoms with Gasteiger partial charge in [0.05, 0.1) is 19.8 Å². The maximum absolute atomic E-state index is 8.44. The molecule has 0 saturated carbocycles. The van der Waals surface area contributed by atoms with Crippen LogP contribution >= 0.6 is 0 Å². The molecule has 0 saturated heterocycles. The maximum Gasteiger partial charge on any atom is 0.169 e. The molecule has 0 aliphatic rings. The average Bonchev–Trinajstić information content (AvgIpc) is 2.20. The lowest BCUT2D eigenvalue weighted by Gasteiger charge is -2.06. The van der Waals surface area contributed by atoms with Crippen LogP contribution in [0.4, 0.5) is 11.6 Å². The number of nitrogens with one attached hydrogen (secondary N) is 1. The van der Waals surface area contributed by atoms with Crippen molar-refractivity contribution in [3.63, 3.8) is 0 Å². The zero-order chi connectivity index (χ0) is 10.2. The highest BCUT2D eigenvalue weighted by molar-refractivity contribution is 5.54. The number of hydrogen-bond donors (Lipinski definition) is 3. The second-order valence-corrected chi connectivity index (χ2v) is 2.55. The van der Waals surface area contributed by atoms with Crippen LogP contribution in [0.25, 0.3) is 0 Å². The van der Waals surface area contributed by atoms with Crippen LogP contribution in [0.3, 0.4) is 0 Å². The van der Waals surface area contributed by atoms with Crippen molar-refractivity contribution in [2.24, 2.45) is 0 Å². The fourth-order valence-corrected chi connectivity index (χ4v) is 0.893. The molecule has 0 radical (unpaired) electrons. The van der Waals surface area contributed by atoms with Crippen LogP contribution in [0.15, 0.2) is 12.4 Å². The third-order valence-corrected chi connectivity index (χ3v) is 1.50. The summed E-state index contributed by atoms with van der Waals surface area (Å²) in [5.41, 5.74) is 5.54. The van der Waals surface area contributed by atoms with E-state index in [2.05, 4.69) is 15.3 Å². The Morgan fingerprint density at radius 3 is 2.86 bits per heavy atom. The Labute approximate surface area is 82.1 Å². The summed E-state index contributed by atoms with van der Waals surface area (Å²) in [5.74, 6) is 0.926. The highest BCUT2D eigenvalue weighted by Crippen LogP contribution is 2.08. The number of hydrogen-bond acceptors (Lipinski definition) is 6. The third kappa shape index (κ3) is 3.55. The van der Waals surface area contributed by atoms with E-state index in [1.54, 1.807) is 6.20 Å². The van der Waals surface area contributed by atoms with E-state index in [9.17, 15) is 0 Å². The molecule has 4 N–H and O–H groups in total. The first kappa shape index (κ1) is 10.7. The number of aliphatic hydroxyl groups is 1. The van der Waals surface area contributed by atoms with E-state index in [0.717, 1.165) is 0 Å². The number of nitrogens with zero attached hydrogens (tertiary/aromatic N) is 2. The van der Waals surface area contributed by atoms with Gasteiger partial charge in [0.25, 0.3) is 0 Å². The number of rotatable bonds is 6. The summed E-state index contributed by atoms with van der Waals surface area (Å²) in [6.07, 6.45) is 3.09. The van der Waals surface area contributed by atoms with Crippen molar-refractivity contribution in [3.05, 3.63) is 12.4 Å². The van der Waals surface area contributed by atoms with E-state index in [0.29, 0.717) is 31.4 Å². The predicted molar refractivity (Wildman–Crippen MR) is 52.8 cm³/mol. The van der Waals surface area contributed by atoms with E-state index in [1.165, 1.54) is 6.20 Å². The number of nitrogens with two attached hydrogens (primary N) is 1. The van der Waals surface area contributed by atoms with Crippen LogP contribution in [0.2, 0.25) is 0 Å². The molecule has 0 bridgehead atoms. The zero-order valence-corrected chi connectivity index (χ0v) is 7.81. The number of aromatic nitrogens is 2. The summed E-state index contributed by atoms with van der Waals surface area (Å²) in [5, 5.41) is 11.4. The fourth-order valence-electron chi connectivity index (χ4n) is 0.893. The Balaban J connectivity index is 2.21. The minimum Gasteiger partial charge on any atom is -0.394 e. The minimum atomic E-state index is 0.0350. The van der Waals surface area contributed by atoms with Gasteiger partial charge in [0, 0.05) is 18.9 Å². The van der Waals surface area contributed by atoms with Gasteiger partial charge < -0.3 is 20.9 Å². The van der Waals surface area contributed by atoms with E-state index in [1.807, 2.05) is 0 Å². The molecule has 1 aromatic heterocycles. The molecular formula is C8H14N4O2.